The fourth-order valence-electron chi connectivity index (χ4n) is 3.96. The van der Waals surface area contributed by atoms with Crippen molar-refractivity contribution in [3.63, 3.8) is 0 Å². The maximum atomic E-state index is 13.9. The molecule has 0 atom stereocenters. The van der Waals surface area contributed by atoms with Crippen LogP contribution in [0.15, 0.2) is 49.1 Å². The Labute approximate surface area is 216 Å². The summed E-state index contributed by atoms with van der Waals surface area (Å²) in [7, 11) is -3.88. The lowest BCUT2D eigenvalue weighted by Gasteiger charge is -2.23. The van der Waals surface area contributed by atoms with E-state index < -0.39 is 7.60 Å². The van der Waals surface area contributed by atoms with E-state index in [1.165, 1.54) is 6.33 Å². The number of rotatable bonds is 9. The minimum Gasteiger partial charge on any atom is -0.486 e. The Morgan fingerprint density at radius 2 is 1.45 bits per heavy atom. The largest absolute Gasteiger partial charge is 0.486 e. The highest BCUT2D eigenvalue weighted by Gasteiger charge is 2.30. The van der Waals surface area contributed by atoms with Gasteiger partial charge >= 0.3 is 7.60 Å². The zero-order chi connectivity index (χ0) is 26.0. The lowest BCUT2D eigenvalue weighted by molar-refractivity contribution is 0.151. The quantitative estimate of drug-likeness (QED) is 0.245. The van der Waals surface area contributed by atoms with Crippen LogP contribution in [0.1, 0.15) is 0 Å². The number of ether oxygens (including phenoxy) is 5. The van der Waals surface area contributed by atoms with Gasteiger partial charge in [0.25, 0.3) is 0 Å². The highest BCUT2D eigenvalue weighted by molar-refractivity contribution is 7.54. The topological polar surface area (TPSA) is 151 Å². The summed E-state index contributed by atoms with van der Waals surface area (Å²) < 4.78 is 55.6. The fourth-order valence-corrected chi connectivity index (χ4v) is 5.32. The Hall–Kier alpha value is -4.22. The third-order valence-electron chi connectivity index (χ3n) is 5.67. The van der Waals surface area contributed by atoms with E-state index in [0.717, 1.165) is 0 Å². The maximum absolute atomic E-state index is 13.9. The summed E-state index contributed by atoms with van der Waals surface area (Å²) in [4.78, 5) is 12.4. The number of imidazole rings is 1. The summed E-state index contributed by atoms with van der Waals surface area (Å²) in [6, 6.07) is 9.86. The van der Waals surface area contributed by atoms with E-state index in [4.69, 9.17) is 38.5 Å². The highest BCUT2D eigenvalue weighted by Crippen LogP contribution is 2.51. The number of benzene rings is 2. The molecule has 0 spiro atoms. The first-order valence-corrected chi connectivity index (χ1v) is 13.6. The number of aromatic nitrogens is 4. The Kier molecular flexibility index (Phi) is 6.52. The molecule has 0 unspecified atom stereocenters. The molecule has 14 heteroatoms. The molecule has 0 fully saturated rings. The van der Waals surface area contributed by atoms with Crippen molar-refractivity contribution in [3.8, 4) is 34.5 Å². The summed E-state index contributed by atoms with van der Waals surface area (Å²) in [5, 5.41) is 0. The zero-order valence-electron chi connectivity index (χ0n) is 20.1. The van der Waals surface area contributed by atoms with Gasteiger partial charge in [-0.1, -0.05) is 0 Å². The van der Waals surface area contributed by atoms with Crippen molar-refractivity contribution in [3.05, 3.63) is 49.1 Å². The number of nitrogens with zero attached hydrogens (tertiary/aromatic N) is 4. The molecular formula is C24H24N5O8P. The van der Waals surface area contributed by atoms with Crippen molar-refractivity contribution < 1.29 is 37.3 Å². The van der Waals surface area contributed by atoms with Crippen molar-refractivity contribution >= 4 is 24.6 Å². The number of hydrogen-bond acceptors (Lipinski definition) is 12. The lowest BCUT2D eigenvalue weighted by atomic mass is 10.3. The van der Waals surface area contributed by atoms with Gasteiger partial charge in [-0.15, -0.1) is 0 Å². The second kappa shape index (κ2) is 10.3. The number of hydrogen-bond donors (Lipinski definition) is 1. The van der Waals surface area contributed by atoms with Gasteiger partial charge in [-0.3, -0.25) is 0 Å². The number of nitrogens with two attached hydrogens (primary N) is 1. The average Bonchev–Trinajstić information content (AvgIpc) is 3.35. The minimum atomic E-state index is -3.88. The molecule has 6 rings (SSSR count). The Bertz CT molecular complexity index is 1450. The van der Waals surface area contributed by atoms with Crippen LogP contribution in [0.4, 0.5) is 5.82 Å². The monoisotopic (exact) mass is 541 g/mol. The molecule has 2 N–H and O–H groups in total. The van der Waals surface area contributed by atoms with Gasteiger partial charge in [0.15, 0.2) is 40.8 Å². The first-order chi connectivity index (χ1) is 18.6. The van der Waals surface area contributed by atoms with Crippen molar-refractivity contribution in [1.29, 1.82) is 0 Å². The van der Waals surface area contributed by atoms with Crippen molar-refractivity contribution in [1.82, 2.24) is 19.5 Å². The van der Waals surface area contributed by atoms with Crippen LogP contribution in [0.5, 0.6) is 34.5 Å². The van der Waals surface area contributed by atoms with Gasteiger partial charge in [0.2, 0.25) is 0 Å². The van der Waals surface area contributed by atoms with Gasteiger partial charge in [-0.2, -0.15) is 0 Å². The third-order valence-corrected chi connectivity index (χ3v) is 7.15. The maximum Gasteiger partial charge on any atom is 0.456 e. The van der Waals surface area contributed by atoms with Crippen molar-refractivity contribution in [2.75, 3.05) is 45.1 Å². The minimum absolute atomic E-state index is 0.175. The van der Waals surface area contributed by atoms with E-state index in [1.54, 1.807) is 47.3 Å². The smallest absolute Gasteiger partial charge is 0.456 e. The van der Waals surface area contributed by atoms with E-state index in [0.29, 0.717) is 73.0 Å². The first-order valence-electron chi connectivity index (χ1n) is 11.8. The molecule has 2 aromatic carbocycles. The van der Waals surface area contributed by atoms with Crippen LogP contribution in [-0.2, 0) is 15.8 Å². The number of fused-ring (bicyclic) bond motifs is 3. The standard InChI is InChI=1S/C24H24N5O8P/c25-23-22-24(27-13-26-23)29(14-28-22)5-6-31-15-38(30,36-16-1-3-18-20(11-16)34-9-7-32-18)37-17-2-4-19-21(12-17)35-10-8-33-19/h1-4,11-14H,5-10,15H2,(H2,25,26,27). The molecule has 38 heavy (non-hydrogen) atoms. The molecule has 198 valence electrons. The molecule has 2 aliphatic heterocycles. The normalized spacial score (nSPS) is 14.3. The van der Waals surface area contributed by atoms with Crippen LogP contribution in [0.2, 0.25) is 0 Å². The van der Waals surface area contributed by atoms with Gasteiger partial charge in [0.05, 0.1) is 12.9 Å². The van der Waals surface area contributed by atoms with Gasteiger partial charge in [0, 0.05) is 18.7 Å². The van der Waals surface area contributed by atoms with E-state index in [-0.39, 0.29) is 24.5 Å². The molecule has 13 nitrogen and oxygen atoms in total. The van der Waals surface area contributed by atoms with Crippen LogP contribution in [-0.4, -0.2) is 58.9 Å². The number of nitrogen functional groups attached to an aromatic ring is 1. The summed E-state index contributed by atoms with van der Waals surface area (Å²) in [6.07, 6.45) is 2.63. The Balaban J connectivity index is 1.18. The lowest BCUT2D eigenvalue weighted by Crippen LogP contribution is -2.16. The second-order valence-corrected chi connectivity index (χ2v) is 10.2. The van der Waals surface area contributed by atoms with Crippen LogP contribution in [0.3, 0.4) is 0 Å². The molecule has 0 aliphatic carbocycles. The molecule has 0 radical (unpaired) electrons. The Morgan fingerprint density at radius 3 is 2.08 bits per heavy atom. The van der Waals surface area contributed by atoms with Gasteiger partial charge in [-0.05, 0) is 24.3 Å². The van der Waals surface area contributed by atoms with Crippen LogP contribution in [0, 0.1) is 0 Å². The summed E-state index contributed by atoms with van der Waals surface area (Å²) in [6.45, 7) is 2.28. The van der Waals surface area contributed by atoms with Crippen LogP contribution in [0.25, 0.3) is 11.2 Å². The summed E-state index contributed by atoms with van der Waals surface area (Å²) in [5.74, 6) is 3.01. The van der Waals surface area contributed by atoms with E-state index in [2.05, 4.69) is 15.0 Å². The first kappa shape index (κ1) is 24.1. The third kappa shape index (κ3) is 5.11. The molecular weight excluding hydrogens is 517 g/mol. The molecule has 2 aliphatic rings. The molecule has 4 heterocycles. The zero-order valence-corrected chi connectivity index (χ0v) is 21.0. The van der Waals surface area contributed by atoms with E-state index in [1.807, 2.05) is 0 Å². The molecule has 0 amide bonds. The molecule has 0 saturated carbocycles. The fraction of sp³-hybridized carbons (Fsp3) is 0.292. The van der Waals surface area contributed by atoms with Gasteiger partial charge < -0.3 is 43.0 Å². The molecule has 2 aromatic heterocycles. The predicted molar refractivity (Wildman–Crippen MR) is 134 cm³/mol. The highest BCUT2D eigenvalue weighted by atomic mass is 31.2. The van der Waals surface area contributed by atoms with Crippen molar-refractivity contribution in [2.24, 2.45) is 0 Å². The summed E-state index contributed by atoms with van der Waals surface area (Å²) in [5.41, 5.74) is 6.93. The van der Waals surface area contributed by atoms with Gasteiger partial charge in [-0.25, -0.2) is 19.5 Å². The second-order valence-electron chi connectivity index (χ2n) is 8.31. The molecule has 0 bridgehead atoms. The van der Waals surface area contributed by atoms with Crippen LogP contribution >= 0.6 is 7.60 Å². The van der Waals surface area contributed by atoms with Crippen molar-refractivity contribution in [2.45, 2.75) is 6.54 Å². The summed E-state index contributed by atoms with van der Waals surface area (Å²) >= 11 is 0. The van der Waals surface area contributed by atoms with E-state index in [9.17, 15) is 4.57 Å². The predicted octanol–water partition coefficient (Wildman–Crippen LogP) is 3.28. The Morgan fingerprint density at radius 1 is 0.842 bits per heavy atom. The molecule has 4 aromatic rings. The van der Waals surface area contributed by atoms with Crippen LogP contribution < -0.4 is 33.7 Å². The number of anilines is 1. The van der Waals surface area contributed by atoms with Gasteiger partial charge in [0.1, 0.15) is 49.8 Å². The molecule has 0 saturated heterocycles. The SMILES string of the molecule is Nc1ncnc2c1ncn2CCOCP(=O)(Oc1ccc2c(c1)OCCO2)Oc1ccc2c(c1)OCCO2. The van der Waals surface area contributed by atoms with E-state index >= 15 is 0 Å². The average molecular weight is 541 g/mol.